The Kier molecular flexibility index (Phi) is 6.50. The maximum absolute atomic E-state index is 5.45. The van der Waals surface area contributed by atoms with Crippen molar-refractivity contribution < 1.29 is 9.47 Å². The van der Waals surface area contributed by atoms with Gasteiger partial charge in [0.1, 0.15) is 0 Å². The van der Waals surface area contributed by atoms with Crippen molar-refractivity contribution in [1.82, 2.24) is 15.3 Å². The van der Waals surface area contributed by atoms with E-state index >= 15 is 0 Å². The van der Waals surface area contributed by atoms with E-state index in [-0.39, 0.29) is 6.04 Å². The molecule has 1 aromatic rings. The third kappa shape index (κ3) is 4.66. The molecule has 0 aliphatic rings. The summed E-state index contributed by atoms with van der Waals surface area (Å²) in [5.74, 6) is 0. The smallest absolute Gasteiger partial charge is 0.316 e. The van der Waals surface area contributed by atoms with E-state index in [1.807, 2.05) is 6.92 Å². The van der Waals surface area contributed by atoms with Gasteiger partial charge in [0.05, 0.1) is 19.8 Å². The molecule has 17 heavy (non-hydrogen) atoms. The SMILES string of the molecule is CCCNC(COCC)c1cnc(OC)nc1. The fourth-order valence-electron chi connectivity index (χ4n) is 1.44. The van der Waals surface area contributed by atoms with Crippen LogP contribution in [0.2, 0.25) is 0 Å². The zero-order chi connectivity index (χ0) is 12.5. The van der Waals surface area contributed by atoms with Crippen LogP contribution in [0.15, 0.2) is 12.4 Å². The van der Waals surface area contributed by atoms with Crippen LogP contribution in [0.4, 0.5) is 0 Å². The lowest BCUT2D eigenvalue weighted by molar-refractivity contribution is 0.122. The molecular formula is C12H21N3O2. The standard InChI is InChI=1S/C12H21N3O2/c1-4-6-13-11(9-17-5-2)10-7-14-12(16-3)15-8-10/h7-8,11,13H,4-6,9H2,1-3H3. The molecule has 0 spiro atoms. The van der Waals surface area contributed by atoms with Gasteiger partial charge in [-0.05, 0) is 19.9 Å². The zero-order valence-electron chi connectivity index (χ0n) is 10.8. The number of methoxy groups -OCH3 is 1. The van der Waals surface area contributed by atoms with Crippen LogP contribution in [0.3, 0.4) is 0 Å². The van der Waals surface area contributed by atoms with E-state index in [0.29, 0.717) is 19.2 Å². The molecule has 1 N–H and O–H groups in total. The van der Waals surface area contributed by atoms with E-state index in [9.17, 15) is 0 Å². The highest BCUT2D eigenvalue weighted by molar-refractivity contribution is 5.12. The number of hydrogen-bond donors (Lipinski definition) is 1. The summed E-state index contributed by atoms with van der Waals surface area (Å²) in [6, 6.07) is 0.528. The predicted octanol–water partition coefficient (Wildman–Crippen LogP) is 1.56. The molecule has 0 saturated heterocycles. The zero-order valence-corrected chi connectivity index (χ0v) is 10.8. The molecule has 1 atom stereocenters. The van der Waals surface area contributed by atoms with Crippen LogP contribution in [0.1, 0.15) is 31.9 Å². The van der Waals surface area contributed by atoms with E-state index in [1.54, 1.807) is 19.5 Å². The van der Waals surface area contributed by atoms with Gasteiger partial charge in [-0.1, -0.05) is 6.92 Å². The van der Waals surface area contributed by atoms with E-state index in [4.69, 9.17) is 9.47 Å². The topological polar surface area (TPSA) is 56.3 Å². The summed E-state index contributed by atoms with van der Waals surface area (Å²) in [5.41, 5.74) is 1.02. The van der Waals surface area contributed by atoms with Crippen molar-refractivity contribution in [1.29, 1.82) is 0 Å². The first-order valence-corrected chi connectivity index (χ1v) is 5.98. The number of aromatic nitrogens is 2. The van der Waals surface area contributed by atoms with Crippen molar-refractivity contribution in [3.63, 3.8) is 0 Å². The third-order valence-corrected chi connectivity index (χ3v) is 2.36. The molecule has 0 amide bonds. The second-order valence-electron chi connectivity index (χ2n) is 3.67. The molecule has 0 aromatic carbocycles. The van der Waals surface area contributed by atoms with Crippen molar-refractivity contribution in [3.05, 3.63) is 18.0 Å². The van der Waals surface area contributed by atoms with Gasteiger partial charge in [-0.25, -0.2) is 9.97 Å². The number of rotatable bonds is 8. The highest BCUT2D eigenvalue weighted by Crippen LogP contribution is 2.13. The Bertz CT molecular complexity index is 295. The molecule has 5 nitrogen and oxygen atoms in total. The Balaban J connectivity index is 2.65. The lowest BCUT2D eigenvalue weighted by Crippen LogP contribution is -2.26. The highest BCUT2D eigenvalue weighted by atomic mass is 16.5. The Hall–Kier alpha value is -1.20. The largest absolute Gasteiger partial charge is 0.467 e. The van der Waals surface area contributed by atoms with Crippen molar-refractivity contribution in [2.24, 2.45) is 0 Å². The molecule has 0 aliphatic heterocycles. The molecule has 1 rings (SSSR count). The first-order valence-electron chi connectivity index (χ1n) is 5.98. The van der Waals surface area contributed by atoms with E-state index in [2.05, 4.69) is 22.2 Å². The first kappa shape index (κ1) is 13.9. The van der Waals surface area contributed by atoms with E-state index < -0.39 is 0 Å². The molecule has 0 radical (unpaired) electrons. The molecule has 0 bridgehead atoms. The number of ether oxygens (including phenoxy) is 2. The Morgan fingerprint density at radius 2 is 2.00 bits per heavy atom. The predicted molar refractivity (Wildman–Crippen MR) is 66.1 cm³/mol. The summed E-state index contributed by atoms with van der Waals surface area (Å²) in [5, 5.41) is 3.41. The van der Waals surface area contributed by atoms with Crippen molar-refractivity contribution >= 4 is 0 Å². The van der Waals surface area contributed by atoms with Crippen LogP contribution < -0.4 is 10.1 Å². The fourth-order valence-corrected chi connectivity index (χ4v) is 1.44. The molecule has 1 aromatic heterocycles. The first-order chi connectivity index (χ1) is 8.31. The van der Waals surface area contributed by atoms with Crippen LogP contribution in [0, 0.1) is 0 Å². The molecule has 0 saturated carbocycles. The minimum absolute atomic E-state index is 0.140. The Morgan fingerprint density at radius 1 is 1.29 bits per heavy atom. The minimum Gasteiger partial charge on any atom is -0.467 e. The lowest BCUT2D eigenvalue weighted by atomic mass is 10.1. The maximum Gasteiger partial charge on any atom is 0.316 e. The summed E-state index contributed by atoms with van der Waals surface area (Å²) in [6.07, 6.45) is 4.63. The Labute approximate surface area is 103 Å². The highest BCUT2D eigenvalue weighted by Gasteiger charge is 2.11. The molecule has 5 heteroatoms. The van der Waals surface area contributed by atoms with Crippen molar-refractivity contribution in [2.75, 3.05) is 26.9 Å². The van der Waals surface area contributed by atoms with Crippen molar-refractivity contribution in [2.45, 2.75) is 26.3 Å². The number of nitrogens with zero attached hydrogens (tertiary/aromatic N) is 2. The minimum atomic E-state index is 0.140. The Morgan fingerprint density at radius 3 is 2.53 bits per heavy atom. The summed E-state index contributed by atoms with van der Waals surface area (Å²) in [6.45, 7) is 6.41. The molecular weight excluding hydrogens is 218 g/mol. The van der Waals surface area contributed by atoms with Gasteiger partial charge >= 0.3 is 6.01 Å². The number of nitrogens with one attached hydrogen (secondary N) is 1. The van der Waals surface area contributed by atoms with Gasteiger partial charge in [0.25, 0.3) is 0 Å². The summed E-state index contributed by atoms with van der Waals surface area (Å²) in [4.78, 5) is 8.21. The van der Waals surface area contributed by atoms with Gasteiger partial charge in [0.2, 0.25) is 0 Å². The fraction of sp³-hybridized carbons (Fsp3) is 0.667. The van der Waals surface area contributed by atoms with Gasteiger partial charge in [-0.3, -0.25) is 0 Å². The third-order valence-electron chi connectivity index (χ3n) is 2.36. The van der Waals surface area contributed by atoms with Crippen LogP contribution >= 0.6 is 0 Å². The van der Waals surface area contributed by atoms with Gasteiger partial charge < -0.3 is 14.8 Å². The molecule has 0 fully saturated rings. The lowest BCUT2D eigenvalue weighted by Gasteiger charge is -2.18. The second kappa shape index (κ2) is 7.97. The summed E-state index contributed by atoms with van der Waals surface area (Å²) >= 11 is 0. The van der Waals surface area contributed by atoms with Crippen LogP contribution in [-0.4, -0.2) is 36.8 Å². The van der Waals surface area contributed by atoms with Crippen LogP contribution in [0.25, 0.3) is 0 Å². The molecule has 1 unspecified atom stereocenters. The maximum atomic E-state index is 5.45. The monoisotopic (exact) mass is 239 g/mol. The van der Waals surface area contributed by atoms with E-state index in [1.165, 1.54) is 0 Å². The van der Waals surface area contributed by atoms with Gasteiger partial charge in [-0.15, -0.1) is 0 Å². The van der Waals surface area contributed by atoms with Gasteiger partial charge in [-0.2, -0.15) is 0 Å². The van der Waals surface area contributed by atoms with Gasteiger partial charge in [0, 0.05) is 24.6 Å². The average molecular weight is 239 g/mol. The van der Waals surface area contributed by atoms with Gasteiger partial charge in [0.15, 0.2) is 0 Å². The number of hydrogen-bond acceptors (Lipinski definition) is 5. The van der Waals surface area contributed by atoms with Crippen LogP contribution in [-0.2, 0) is 4.74 Å². The summed E-state index contributed by atoms with van der Waals surface area (Å²) < 4.78 is 10.4. The molecule has 0 aliphatic carbocycles. The second-order valence-corrected chi connectivity index (χ2v) is 3.67. The van der Waals surface area contributed by atoms with Crippen LogP contribution in [0.5, 0.6) is 6.01 Å². The van der Waals surface area contributed by atoms with Crippen molar-refractivity contribution in [3.8, 4) is 6.01 Å². The average Bonchev–Trinajstić information content (AvgIpc) is 2.39. The molecule has 1 heterocycles. The quantitative estimate of drug-likeness (QED) is 0.746. The molecule has 96 valence electrons. The summed E-state index contributed by atoms with van der Waals surface area (Å²) in [7, 11) is 1.56. The van der Waals surface area contributed by atoms with E-state index in [0.717, 1.165) is 18.5 Å². The normalized spacial score (nSPS) is 12.4.